The number of aryl methyl sites for hydroxylation is 1. The number of H-pyrrole nitrogens is 1. The van der Waals surface area contributed by atoms with Crippen LogP contribution in [-0.2, 0) is 23.2 Å². The van der Waals surface area contributed by atoms with E-state index in [4.69, 9.17) is 21.0 Å². The molecule has 1 unspecified atom stereocenters. The predicted molar refractivity (Wildman–Crippen MR) is 157 cm³/mol. The molecule has 1 aliphatic heterocycles. The monoisotopic (exact) mass is 565 g/mol. The van der Waals surface area contributed by atoms with Crippen LogP contribution in [0, 0.1) is 0 Å². The van der Waals surface area contributed by atoms with Gasteiger partial charge in [0, 0.05) is 22.5 Å². The molecule has 2 N–H and O–H groups in total. The summed E-state index contributed by atoms with van der Waals surface area (Å²) in [7, 11) is 0. The number of aliphatic hydroxyl groups excluding tert-OH is 1. The van der Waals surface area contributed by atoms with Gasteiger partial charge in [0.05, 0.1) is 29.5 Å². The van der Waals surface area contributed by atoms with Crippen molar-refractivity contribution in [3.8, 4) is 11.1 Å². The van der Waals surface area contributed by atoms with Gasteiger partial charge in [-0.05, 0) is 66.6 Å². The van der Waals surface area contributed by atoms with E-state index < -0.39 is 12.0 Å². The molecule has 7 rings (SSSR count). The number of fused-ring (bicyclic) bond motifs is 2. The van der Waals surface area contributed by atoms with Gasteiger partial charge in [-0.3, -0.25) is 9.59 Å². The molecule has 3 heterocycles. The third-order valence-corrected chi connectivity index (χ3v) is 8.65. The molecule has 206 valence electrons. The molecular weight excluding hydrogens is 538 g/mol. The Morgan fingerprint density at radius 2 is 1.90 bits per heavy atom. The number of para-hydroxylation sites is 1. The van der Waals surface area contributed by atoms with Crippen molar-refractivity contribution in [3.63, 3.8) is 0 Å². The van der Waals surface area contributed by atoms with Gasteiger partial charge in [-0.2, -0.15) is 0 Å². The molecular formula is C33H28ClN3O4. The fourth-order valence-electron chi connectivity index (χ4n) is 6.00. The first kappa shape index (κ1) is 25.7. The summed E-state index contributed by atoms with van der Waals surface area (Å²) in [6, 6.07) is 22.8. The molecule has 1 saturated carbocycles. The Labute approximate surface area is 241 Å². The van der Waals surface area contributed by atoms with Crippen LogP contribution in [0.1, 0.15) is 53.6 Å². The maximum absolute atomic E-state index is 13.5. The van der Waals surface area contributed by atoms with E-state index in [9.17, 15) is 14.7 Å². The Morgan fingerprint density at radius 3 is 2.73 bits per heavy atom. The van der Waals surface area contributed by atoms with Crippen LogP contribution in [0.5, 0.6) is 0 Å². The fraction of sp³-hybridized carbons (Fsp3) is 0.242. The molecule has 1 fully saturated rings. The number of amides is 1. The van der Waals surface area contributed by atoms with Gasteiger partial charge in [0.1, 0.15) is 11.4 Å². The molecule has 8 heteroatoms. The Morgan fingerprint density at radius 1 is 1.07 bits per heavy atom. The summed E-state index contributed by atoms with van der Waals surface area (Å²) < 4.78 is 5.69. The number of hydrogen-bond donors (Lipinski definition) is 2. The first-order chi connectivity index (χ1) is 19.9. The SMILES string of the molecule is O=C(C(O)c1cccc(-c2coc3ccccc23)c1)N1CCCc2nc(C3(c4cccc(Cl)c4)CC3)[nH]c(=O)c2C1. The first-order valence-corrected chi connectivity index (χ1v) is 14.2. The van der Waals surface area contributed by atoms with E-state index in [1.54, 1.807) is 17.2 Å². The second kappa shape index (κ2) is 10.0. The van der Waals surface area contributed by atoms with Crippen LogP contribution in [0.4, 0.5) is 0 Å². The molecule has 2 aromatic heterocycles. The zero-order valence-electron chi connectivity index (χ0n) is 22.3. The summed E-state index contributed by atoms with van der Waals surface area (Å²) in [5, 5.41) is 12.8. The number of aliphatic hydroxyl groups is 1. The quantitative estimate of drug-likeness (QED) is 0.275. The van der Waals surface area contributed by atoms with Crippen molar-refractivity contribution in [2.75, 3.05) is 6.54 Å². The van der Waals surface area contributed by atoms with Crippen LogP contribution in [0.3, 0.4) is 0 Å². The first-order valence-electron chi connectivity index (χ1n) is 13.8. The molecule has 3 aromatic carbocycles. The van der Waals surface area contributed by atoms with Crippen LogP contribution >= 0.6 is 11.6 Å². The fourth-order valence-corrected chi connectivity index (χ4v) is 6.19. The minimum absolute atomic E-state index is 0.101. The number of rotatable bonds is 5. The van der Waals surface area contributed by atoms with Crippen LogP contribution in [0.15, 0.2) is 88.3 Å². The largest absolute Gasteiger partial charge is 0.464 e. The number of aromatic amines is 1. The molecule has 7 nitrogen and oxygen atoms in total. The number of nitrogens with one attached hydrogen (secondary N) is 1. The van der Waals surface area contributed by atoms with E-state index in [1.165, 1.54) is 0 Å². The van der Waals surface area contributed by atoms with Gasteiger partial charge in [0.15, 0.2) is 6.10 Å². The van der Waals surface area contributed by atoms with Crippen LogP contribution in [-0.4, -0.2) is 32.4 Å². The number of furan rings is 1. The molecule has 2 aliphatic rings. The molecule has 41 heavy (non-hydrogen) atoms. The van der Waals surface area contributed by atoms with Gasteiger partial charge in [-0.15, -0.1) is 0 Å². The molecule has 0 bridgehead atoms. The van der Waals surface area contributed by atoms with Crippen molar-refractivity contribution in [2.45, 2.75) is 43.7 Å². The van der Waals surface area contributed by atoms with E-state index in [1.807, 2.05) is 66.7 Å². The molecule has 5 aromatic rings. The molecule has 0 spiro atoms. The summed E-state index contributed by atoms with van der Waals surface area (Å²) in [5.41, 5.74) is 4.68. The van der Waals surface area contributed by atoms with Gasteiger partial charge >= 0.3 is 0 Å². The lowest BCUT2D eigenvalue weighted by Gasteiger charge is -2.24. The number of carbonyl (C=O) groups is 1. The third kappa shape index (κ3) is 4.55. The average Bonchev–Trinajstić information content (AvgIpc) is 3.74. The molecule has 0 saturated heterocycles. The highest BCUT2D eigenvalue weighted by molar-refractivity contribution is 6.30. The number of carbonyl (C=O) groups excluding carboxylic acids is 1. The Kier molecular flexibility index (Phi) is 6.29. The topological polar surface area (TPSA) is 99.4 Å². The van der Waals surface area contributed by atoms with Gasteiger partial charge in [-0.1, -0.05) is 60.1 Å². The Hall–Kier alpha value is -4.20. The highest BCUT2D eigenvalue weighted by Gasteiger charge is 2.48. The summed E-state index contributed by atoms with van der Waals surface area (Å²) in [5.74, 6) is 0.222. The molecule has 1 amide bonds. The normalized spacial score (nSPS) is 16.7. The summed E-state index contributed by atoms with van der Waals surface area (Å²) >= 11 is 6.25. The summed E-state index contributed by atoms with van der Waals surface area (Å²) in [6.07, 6.45) is 3.33. The Bertz CT molecular complexity index is 1860. The summed E-state index contributed by atoms with van der Waals surface area (Å²) in [6.45, 7) is 0.524. The lowest BCUT2D eigenvalue weighted by Crippen LogP contribution is -2.36. The van der Waals surface area contributed by atoms with E-state index in [0.717, 1.165) is 46.2 Å². The highest BCUT2D eigenvalue weighted by Crippen LogP contribution is 2.52. The minimum Gasteiger partial charge on any atom is -0.464 e. The number of hydrogen-bond acceptors (Lipinski definition) is 5. The van der Waals surface area contributed by atoms with Crippen molar-refractivity contribution in [3.05, 3.63) is 123 Å². The third-order valence-electron chi connectivity index (χ3n) is 8.41. The van der Waals surface area contributed by atoms with Crippen molar-refractivity contribution >= 4 is 28.5 Å². The maximum atomic E-state index is 13.5. The molecule has 1 aliphatic carbocycles. The zero-order chi connectivity index (χ0) is 28.1. The number of benzene rings is 3. The number of aromatic nitrogens is 2. The molecule has 0 radical (unpaired) electrons. The Balaban J connectivity index is 1.15. The van der Waals surface area contributed by atoms with Gasteiger partial charge in [0.2, 0.25) is 0 Å². The average molecular weight is 566 g/mol. The molecule has 1 atom stereocenters. The van der Waals surface area contributed by atoms with Crippen molar-refractivity contribution in [1.29, 1.82) is 0 Å². The van der Waals surface area contributed by atoms with Crippen LogP contribution in [0.25, 0.3) is 22.1 Å². The van der Waals surface area contributed by atoms with E-state index >= 15 is 0 Å². The summed E-state index contributed by atoms with van der Waals surface area (Å²) in [4.78, 5) is 36.4. The van der Waals surface area contributed by atoms with Gasteiger partial charge in [-0.25, -0.2) is 4.98 Å². The van der Waals surface area contributed by atoms with E-state index in [-0.39, 0.29) is 17.5 Å². The highest BCUT2D eigenvalue weighted by atomic mass is 35.5. The number of nitrogens with zero attached hydrogens (tertiary/aromatic N) is 2. The van der Waals surface area contributed by atoms with Crippen LogP contribution < -0.4 is 5.56 Å². The zero-order valence-corrected chi connectivity index (χ0v) is 23.0. The predicted octanol–water partition coefficient (Wildman–Crippen LogP) is 5.92. The second-order valence-electron chi connectivity index (χ2n) is 11.0. The van der Waals surface area contributed by atoms with Gasteiger partial charge in [0.25, 0.3) is 11.5 Å². The van der Waals surface area contributed by atoms with E-state index in [2.05, 4.69) is 4.98 Å². The van der Waals surface area contributed by atoms with Crippen molar-refractivity contribution < 1.29 is 14.3 Å². The van der Waals surface area contributed by atoms with Gasteiger partial charge < -0.3 is 19.4 Å². The lowest BCUT2D eigenvalue weighted by atomic mass is 9.94. The smallest absolute Gasteiger partial charge is 0.256 e. The number of halogens is 1. The lowest BCUT2D eigenvalue weighted by molar-refractivity contribution is -0.141. The van der Waals surface area contributed by atoms with Crippen LogP contribution in [0.2, 0.25) is 5.02 Å². The second-order valence-corrected chi connectivity index (χ2v) is 11.4. The maximum Gasteiger partial charge on any atom is 0.256 e. The van der Waals surface area contributed by atoms with Crippen molar-refractivity contribution in [2.24, 2.45) is 0 Å². The standard InChI is InChI=1S/C33H28ClN3O4/c34-23-9-4-8-22(17-23)33(13-14-33)32-35-27-11-5-15-37(18-25(27)30(39)36-32)31(40)29(38)21-7-3-6-20(16-21)26-19-41-28-12-2-1-10-24(26)28/h1-4,6-10,12,16-17,19,29,38H,5,11,13-15,18H2,(H,35,36,39). The van der Waals surface area contributed by atoms with E-state index in [0.29, 0.717) is 41.4 Å². The van der Waals surface area contributed by atoms with Crippen molar-refractivity contribution in [1.82, 2.24) is 14.9 Å². The minimum atomic E-state index is -1.36.